The summed E-state index contributed by atoms with van der Waals surface area (Å²) in [5, 5.41) is 13.4. The lowest BCUT2D eigenvalue weighted by Gasteiger charge is -2.09. The van der Waals surface area contributed by atoms with Crippen LogP contribution in [-0.4, -0.2) is 31.3 Å². The van der Waals surface area contributed by atoms with Crippen LogP contribution in [0.3, 0.4) is 0 Å². The standard InChI is InChI=1S/C10H15NO3S/c1-7(6-12)5-11-10(13)9-8(14-2)3-4-15-9/h3-4,7,12H,5-6H2,1-2H3,(H,11,13). The van der Waals surface area contributed by atoms with E-state index in [2.05, 4.69) is 5.32 Å². The molecule has 0 saturated carbocycles. The highest BCUT2D eigenvalue weighted by Gasteiger charge is 2.13. The van der Waals surface area contributed by atoms with E-state index >= 15 is 0 Å². The van der Waals surface area contributed by atoms with E-state index in [1.165, 1.54) is 18.4 Å². The molecular weight excluding hydrogens is 214 g/mol. The van der Waals surface area contributed by atoms with Crippen LogP contribution in [0.1, 0.15) is 16.6 Å². The lowest BCUT2D eigenvalue weighted by Crippen LogP contribution is -2.29. The van der Waals surface area contributed by atoms with Crippen LogP contribution in [0.2, 0.25) is 0 Å². The summed E-state index contributed by atoms with van der Waals surface area (Å²) in [6, 6.07) is 1.76. The van der Waals surface area contributed by atoms with Crippen LogP contribution < -0.4 is 10.1 Å². The summed E-state index contributed by atoms with van der Waals surface area (Å²) in [7, 11) is 1.54. The molecule has 84 valence electrons. The summed E-state index contributed by atoms with van der Waals surface area (Å²) in [5.74, 6) is 0.510. The Bertz CT molecular complexity index is 324. The first-order valence-corrected chi connectivity index (χ1v) is 5.57. The number of nitrogens with one attached hydrogen (secondary N) is 1. The van der Waals surface area contributed by atoms with Crippen LogP contribution in [0.4, 0.5) is 0 Å². The molecule has 0 radical (unpaired) electrons. The molecule has 1 amide bonds. The first-order valence-electron chi connectivity index (χ1n) is 4.69. The number of thiophene rings is 1. The average Bonchev–Trinajstić information content (AvgIpc) is 2.73. The van der Waals surface area contributed by atoms with E-state index in [0.29, 0.717) is 17.2 Å². The van der Waals surface area contributed by atoms with Gasteiger partial charge in [-0.15, -0.1) is 11.3 Å². The van der Waals surface area contributed by atoms with Gasteiger partial charge in [0.2, 0.25) is 0 Å². The Hall–Kier alpha value is -1.07. The molecule has 0 spiro atoms. The molecule has 0 bridgehead atoms. The first-order chi connectivity index (χ1) is 7.19. The smallest absolute Gasteiger partial charge is 0.265 e. The molecule has 0 aliphatic carbocycles. The summed E-state index contributed by atoms with van der Waals surface area (Å²) in [4.78, 5) is 12.2. The van der Waals surface area contributed by atoms with Gasteiger partial charge in [-0.2, -0.15) is 0 Å². The van der Waals surface area contributed by atoms with E-state index in [0.717, 1.165) is 0 Å². The van der Waals surface area contributed by atoms with Crippen LogP contribution in [0.25, 0.3) is 0 Å². The Morgan fingerprint density at radius 1 is 1.73 bits per heavy atom. The third-order valence-electron chi connectivity index (χ3n) is 1.98. The van der Waals surface area contributed by atoms with Gasteiger partial charge < -0.3 is 15.2 Å². The molecule has 1 aromatic heterocycles. The summed E-state index contributed by atoms with van der Waals surface area (Å²) in [5.41, 5.74) is 0. The number of rotatable bonds is 5. The number of aliphatic hydroxyl groups excluding tert-OH is 1. The van der Waals surface area contributed by atoms with Crippen LogP contribution in [0, 0.1) is 5.92 Å². The molecule has 2 N–H and O–H groups in total. The number of ether oxygens (including phenoxy) is 1. The minimum absolute atomic E-state index is 0.0694. The maximum atomic E-state index is 11.6. The molecule has 1 rings (SSSR count). The summed E-state index contributed by atoms with van der Waals surface area (Å²) >= 11 is 1.34. The van der Waals surface area contributed by atoms with Gasteiger partial charge in [0, 0.05) is 13.2 Å². The van der Waals surface area contributed by atoms with Crippen molar-refractivity contribution in [1.82, 2.24) is 5.32 Å². The third-order valence-corrected chi connectivity index (χ3v) is 2.87. The van der Waals surface area contributed by atoms with Crippen molar-refractivity contribution in [2.45, 2.75) is 6.92 Å². The third kappa shape index (κ3) is 3.21. The summed E-state index contributed by atoms with van der Waals surface area (Å²) in [6.07, 6.45) is 0. The summed E-state index contributed by atoms with van der Waals surface area (Å²) in [6.45, 7) is 2.41. The molecule has 0 aliphatic heterocycles. The Balaban J connectivity index is 2.54. The van der Waals surface area contributed by atoms with Crippen LogP contribution in [0.5, 0.6) is 5.75 Å². The van der Waals surface area contributed by atoms with Crippen molar-refractivity contribution in [3.8, 4) is 5.75 Å². The highest BCUT2D eigenvalue weighted by molar-refractivity contribution is 7.12. The maximum absolute atomic E-state index is 11.6. The minimum Gasteiger partial charge on any atom is -0.495 e. The molecule has 0 fully saturated rings. The van der Waals surface area contributed by atoms with Crippen molar-refractivity contribution < 1.29 is 14.6 Å². The molecule has 1 aromatic rings. The van der Waals surface area contributed by atoms with Gasteiger partial charge in [0.15, 0.2) is 0 Å². The van der Waals surface area contributed by atoms with E-state index in [-0.39, 0.29) is 18.4 Å². The second kappa shape index (κ2) is 5.72. The first kappa shape index (κ1) is 12.0. The number of hydrogen-bond donors (Lipinski definition) is 2. The van der Waals surface area contributed by atoms with Crippen molar-refractivity contribution in [1.29, 1.82) is 0 Å². The van der Waals surface area contributed by atoms with E-state index < -0.39 is 0 Å². The number of amides is 1. The highest BCUT2D eigenvalue weighted by Crippen LogP contribution is 2.23. The van der Waals surface area contributed by atoms with Gasteiger partial charge in [0.05, 0.1) is 7.11 Å². The molecular formula is C10H15NO3S. The van der Waals surface area contributed by atoms with Crippen LogP contribution in [0.15, 0.2) is 11.4 Å². The fourth-order valence-electron chi connectivity index (χ4n) is 1.04. The SMILES string of the molecule is COc1ccsc1C(=O)NCC(C)CO. The summed E-state index contributed by atoms with van der Waals surface area (Å²) < 4.78 is 5.04. The number of carbonyl (C=O) groups is 1. The maximum Gasteiger partial charge on any atom is 0.265 e. The Kier molecular flexibility index (Phi) is 4.58. The molecule has 1 unspecified atom stereocenters. The molecule has 1 heterocycles. The van der Waals surface area contributed by atoms with Crippen molar-refractivity contribution >= 4 is 17.2 Å². The Morgan fingerprint density at radius 2 is 2.47 bits per heavy atom. The average molecular weight is 229 g/mol. The van der Waals surface area contributed by atoms with Crippen LogP contribution in [-0.2, 0) is 0 Å². The number of hydrogen-bond acceptors (Lipinski definition) is 4. The molecule has 0 aliphatic rings. The zero-order chi connectivity index (χ0) is 11.3. The van der Waals surface area contributed by atoms with Crippen LogP contribution >= 0.6 is 11.3 Å². The highest BCUT2D eigenvalue weighted by atomic mass is 32.1. The minimum atomic E-state index is -0.151. The number of methoxy groups -OCH3 is 1. The van der Waals surface area contributed by atoms with Gasteiger partial charge in [-0.1, -0.05) is 6.92 Å². The van der Waals surface area contributed by atoms with E-state index in [4.69, 9.17) is 9.84 Å². The molecule has 1 atom stereocenters. The zero-order valence-electron chi connectivity index (χ0n) is 8.82. The lowest BCUT2D eigenvalue weighted by molar-refractivity contribution is 0.0943. The Labute approximate surface area is 92.9 Å². The van der Waals surface area contributed by atoms with Gasteiger partial charge in [-0.05, 0) is 17.4 Å². The van der Waals surface area contributed by atoms with E-state index in [9.17, 15) is 4.79 Å². The van der Waals surface area contributed by atoms with E-state index in [1.54, 1.807) is 6.07 Å². The van der Waals surface area contributed by atoms with Crippen molar-refractivity contribution in [3.63, 3.8) is 0 Å². The second-order valence-electron chi connectivity index (χ2n) is 3.32. The van der Waals surface area contributed by atoms with Gasteiger partial charge in [0.1, 0.15) is 10.6 Å². The predicted molar refractivity (Wildman–Crippen MR) is 59.5 cm³/mol. The molecule has 5 heteroatoms. The molecule has 15 heavy (non-hydrogen) atoms. The largest absolute Gasteiger partial charge is 0.495 e. The van der Waals surface area contributed by atoms with Crippen molar-refractivity contribution in [3.05, 3.63) is 16.3 Å². The van der Waals surface area contributed by atoms with Gasteiger partial charge in [-0.25, -0.2) is 0 Å². The zero-order valence-corrected chi connectivity index (χ0v) is 9.63. The molecule has 0 saturated heterocycles. The quantitative estimate of drug-likeness (QED) is 0.795. The topological polar surface area (TPSA) is 58.6 Å². The monoisotopic (exact) mass is 229 g/mol. The fourth-order valence-corrected chi connectivity index (χ4v) is 1.81. The van der Waals surface area contributed by atoms with Gasteiger partial charge in [-0.3, -0.25) is 4.79 Å². The van der Waals surface area contributed by atoms with Gasteiger partial charge in [0.25, 0.3) is 5.91 Å². The second-order valence-corrected chi connectivity index (χ2v) is 4.23. The lowest BCUT2D eigenvalue weighted by atomic mass is 10.2. The molecule has 0 aromatic carbocycles. The number of carbonyl (C=O) groups excluding carboxylic acids is 1. The Morgan fingerprint density at radius 3 is 3.07 bits per heavy atom. The van der Waals surface area contributed by atoms with Crippen molar-refractivity contribution in [2.75, 3.05) is 20.3 Å². The van der Waals surface area contributed by atoms with E-state index in [1.807, 2.05) is 12.3 Å². The van der Waals surface area contributed by atoms with Crippen molar-refractivity contribution in [2.24, 2.45) is 5.92 Å². The molecule has 4 nitrogen and oxygen atoms in total. The number of aliphatic hydroxyl groups is 1. The normalized spacial score (nSPS) is 12.2. The van der Waals surface area contributed by atoms with Gasteiger partial charge >= 0.3 is 0 Å². The fraction of sp³-hybridized carbons (Fsp3) is 0.500. The predicted octanol–water partition coefficient (Wildman–Crippen LogP) is 1.11.